The van der Waals surface area contributed by atoms with Crippen LogP contribution in [0, 0.1) is 0 Å². The third-order valence-electron chi connectivity index (χ3n) is 3.70. The molecule has 9 heteroatoms. The van der Waals surface area contributed by atoms with E-state index in [1.165, 1.54) is 32.0 Å². The summed E-state index contributed by atoms with van der Waals surface area (Å²) in [7, 11) is -0.0482. The molecule has 2 rings (SSSR count). The predicted octanol–water partition coefficient (Wildman–Crippen LogP) is 1.35. The molecule has 1 saturated heterocycles. The van der Waals surface area contributed by atoms with Crippen LogP contribution < -0.4 is 9.47 Å². The Bertz CT molecular complexity index is 743. The molecule has 0 aliphatic carbocycles. The summed E-state index contributed by atoms with van der Waals surface area (Å²) in [5.74, 6) is 0.171. The molecule has 0 bridgehead atoms. The second kappa shape index (κ2) is 8.57. The van der Waals surface area contributed by atoms with E-state index in [-0.39, 0.29) is 28.1 Å². The molecule has 1 aromatic rings. The molecule has 0 radical (unpaired) electrons. The molecular formula is C16H20O7S2. The highest BCUT2D eigenvalue weighted by Crippen LogP contribution is 2.25. The van der Waals surface area contributed by atoms with Crippen molar-refractivity contribution in [1.82, 2.24) is 0 Å². The molecule has 0 saturated carbocycles. The molecule has 0 unspecified atom stereocenters. The Morgan fingerprint density at radius 3 is 2.60 bits per heavy atom. The largest absolute Gasteiger partial charge is 0.497 e. The number of benzene rings is 1. The molecule has 0 N–H and O–H groups in total. The van der Waals surface area contributed by atoms with Crippen LogP contribution in [0.3, 0.4) is 0 Å². The van der Waals surface area contributed by atoms with Crippen molar-refractivity contribution in [3.8, 4) is 11.5 Å². The van der Waals surface area contributed by atoms with E-state index in [1.54, 1.807) is 12.1 Å². The molecule has 1 aliphatic rings. The number of hydrogen-bond donors (Lipinski definition) is 0. The monoisotopic (exact) mass is 388 g/mol. The maximum absolute atomic E-state index is 12.2. The molecule has 7 nitrogen and oxygen atoms in total. The van der Waals surface area contributed by atoms with Crippen molar-refractivity contribution < 1.29 is 32.2 Å². The van der Waals surface area contributed by atoms with Crippen LogP contribution in [0.15, 0.2) is 18.2 Å². The third kappa shape index (κ3) is 5.64. The van der Waals surface area contributed by atoms with Crippen LogP contribution in [-0.2, 0) is 19.4 Å². The van der Waals surface area contributed by atoms with E-state index in [0.717, 1.165) is 0 Å². The average molecular weight is 388 g/mol. The molecule has 0 aromatic heterocycles. The third-order valence-corrected chi connectivity index (χ3v) is 6.95. The van der Waals surface area contributed by atoms with E-state index >= 15 is 0 Å². The van der Waals surface area contributed by atoms with Crippen molar-refractivity contribution in [1.29, 1.82) is 0 Å². The molecule has 25 heavy (non-hydrogen) atoms. The lowest BCUT2D eigenvalue weighted by molar-refractivity contribution is -0.139. The number of methoxy groups -OCH3 is 2. The van der Waals surface area contributed by atoms with Gasteiger partial charge in [-0.05, 0) is 24.6 Å². The van der Waals surface area contributed by atoms with Gasteiger partial charge < -0.3 is 14.2 Å². The van der Waals surface area contributed by atoms with Gasteiger partial charge in [0.1, 0.15) is 11.5 Å². The first-order valence-corrected chi connectivity index (χ1v) is 10.4. The number of sulfone groups is 1. The van der Waals surface area contributed by atoms with E-state index in [0.29, 0.717) is 17.9 Å². The summed E-state index contributed by atoms with van der Waals surface area (Å²) in [6.45, 7) is -0.411. The van der Waals surface area contributed by atoms with Gasteiger partial charge in [-0.15, -0.1) is 11.8 Å². The van der Waals surface area contributed by atoms with Crippen LogP contribution in [0.5, 0.6) is 11.5 Å². The SMILES string of the molecule is COc1ccc(OC)c(C(=O)COC(=O)CS[C@H]2CCS(=O)(=O)C2)c1. The minimum atomic E-state index is -2.97. The average Bonchev–Trinajstić information content (AvgIpc) is 2.96. The Kier molecular flexibility index (Phi) is 6.71. The number of thioether (sulfide) groups is 1. The Hall–Kier alpha value is -1.74. The van der Waals surface area contributed by atoms with Gasteiger partial charge >= 0.3 is 5.97 Å². The van der Waals surface area contributed by atoms with Gasteiger partial charge in [0, 0.05) is 5.25 Å². The first-order valence-electron chi connectivity index (χ1n) is 7.57. The first-order chi connectivity index (χ1) is 11.8. The summed E-state index contributed by atoms with van der Waals surface area (Å²) in [6, 6.07) is 4.78. The van der Waals surface area contributed by atoms with E-state index in [4.69, 9.17) is 14.2 Å². The number of rotatable bonds is 8. The molecule has 138 valence electrons. The number of hydrogen-bond acceptors (Lipinski definition) is 8. The molecule has 0 amide bonds. The number of carbonyl (C=O) groups is 2. The van der Waals surface area contributed by atoms with Crippen molar-refractivity contribution in [3.05, 3.63) is 23.8 Å². The highest BCUT2D eigenvalue weighted by molar-refractivity contribution is 8.02. The topological polar surface area (TPSA) is 96.0 Å². The normalized spacial score (nSPS) is 18.6. The zero-order valence-corrected chi connectivity index (χ0v) is 15.7. The van der Waals surface area contributed by atoms with Crippen molar-refractivity contribution >= 4 is 33.4 Å². The van der Waals surface area contributed by atoms with Gasteiger partial charge in [0.2, 0.25) is 5.78 Å². The fraction of sp³-hybridized carbons (Fsp3) is 0.500. The number of esters is 1. The molecule has 1 aromatic carbocycles. The Balaban J connectivity index is 1.84. The van der Waals surface area contributed by atoms with Gasteiger partial charge in [-0.1, -0.05) is 0 Å². The van der Waals surface area contributed by atoms with Gasteiger partial charge in [-0.25, -0.2) is 8.42 Å². The summed E-state index contributed by atoms with van der Waals surface area (Å²) in [5, 5.41) is -0.0910. The lowest BCUT2D eigenvalue weighted by Gasteiger charge is -2.10. The van der Waals surface area contributed by atoms with Gasteiger partial charge in [0.15, 0.2) is 16.4 Å². The Morgan fingerprint density at radius 2 is 2.00 bits per heavy atom. The first kappa shape index (κ1) is 19.6. The van der Waals surface area contributed by atoms with Crippen LogP contribution in [-0.4, -0.2) is 63.5 Å². The van der Waals surface area contributed by atoms with E-state index in [1.807, 2.05) is 0 Å². The fourth-order valence-corrected chi connectivity index (χ4v) is 5.81. The van der Waals surface area contributed by atoms with Crippen molar-refractivity contribution in [3.63, 3.8) is 0 Å². The molecule has 1 fully saturated rings. The summed E-state index contributed by atoms with van der Waals surface area (Å²) in [5.41, 5.74) is 0.268. The molecule has 1 atom stereocenters. The van der Waals surface area contributed by atoms with E-state index < -0.39 is 28.2 Å². The molecular weight excluding hydrogens is 368 g/mol. The number of ketones is 1. The highest BCUT2D eigenvalue weighted by Gasteiger charge is 2.28. The summed E-state index contributed by atoms with van der Waals surface area (Å²) in [6.07, 6.45) is 0.542. The van der Waals surface area contributed by atoms with Crippen molar-refractivity contribution in [2.45, 2.75) is 11.7 Å². The molecule has 0 spiro atoms. The number of Topliss-reactive ketones (excluding diaryl/α,β-unsaturated/α-hetero) is 1. The van der Waals surface area contributed by atoms with Gasteiger partial charge in [0.25, 0.3) is 0 Å². The number of carbonyl (C=O) groups excluding carboxylic acids is 2. The standard InChI is InChI=1S/C16H20O7S2/c1-21-11-3-4-15(22-2)13(7-11)14(17)8-23-16(18)9-24-12-5-6-25(19,20)10-12/h3-4,7,12H,5-6,8-10H2,1-2H3/t12-/m0/s1. The van der Waals surface area contributed by atoms with Crippen LogP contribution in [0.4, 0.5) is 0 Å². The molecule has 1 heterocycles. The van der Waals surface area contributed by atoms with Gasteiger partial charge in [-0.3, -0.25) is 9.59 Å². The zero-order chi connectivity index (χ0) is 18.4. The van der Waals surface area contributed by atoms with Crippen LogP contribution in [0.1, 0.15) is 16.8 Å². The maximum Gasteiger partial charge on any atom is 0.316 e. The smallest absolute Gasteiger partial charge is 0.316 e. The maximum atomic E-state index is 12.2. The summed E-state index contributed by atoms with van der Waals surface area (Å²) >= 11 is 1.25. The second-order valence-electron chi connectivity index (χ2n) is 5.49. The Labute approximate surface area is 150 Å². The minimum Gasteiger partial charge on any atom is -0.497 e. The van der Waals surface area contributed by atoms with E-state index in [2.05, 4.69) is 0 Å². The minimum absolute atomic E-state index is 0.0166. The van der Waals surface area contributed by atoms with Crippen molar-refractivity contribution in [2.24, 2.45) is 0 Å². The van der Waals surface area contributed by atoms with Crippen LogP contribution in [0.25, 0.3) is 0 Å². The zero-order valence-electron chi connectivity index (χ0n) is 14.0. The van der Waals surface area contributed by atoms with Gasteiger partial charge in [0.05, 0.1) is 37.0 Å². The summed E-state index contributed by atoms with van der Waals surface area (Å²) < 4.78 is 37.9. The summed E-state index contributed by atoms with van der Waals surface area (Å²) in [4.78, 5) is 24.0. The second-order valence-corrected chi connectivity index (χ2v) is 9.00. The lowest BCUT2D eigenvalue weighted by Crippen LogP contribution is -2.18. The highest BCUT2D eigenvalue weighted by atomic mass is 32.2. The fourth-order valence-electron chi connectivity index (χ4n) is 2.38. The van der Waals surface area contributed by atoms with Crippen LogP contribution >= 0.6 is 11.8 Å². The Morgan fingerprint density at radius 1 is 1.24 bits per heavy atom. The predicted molar refractivity (Wildman–Crippen MR) is 94.4 cm³/mol. The van der Waals surface area contributed by atoms with E-state index in [9.17, 15) is 18.0 Å². The quantitative estimate of drug-likeness (QED) is 0.486. The number of ether oxygens (including phenoxy) is 3. The lowest BCUT2D eigenvalue weighted by atomic mass is 10.1. The van der Waals surface area contributed by atoms with Gasteiger partial charge in [-0.2, -0.15) is 0 Å². The van der Waals surface area contributed by atoms with Crippen molar-refractivity contribution in [2.75, 3.05) is 38.1 Å². The molecule has 1 aliphatic heterocycles. The van der Waals surface area contributed by atoms with Crippen LogP contribution in [0.2, 0.25) is 0 Å².